The second-order valence-corrected chi connectivity index (χ2v) is 4.57. The van der Waals surface area contributed by atoms with Gasteiger partial charge in [0.05, 0.1) is 6.10 Å². The van der Waals surface area contributed by atoms with Gasteiger partial charge in [-0.25, -0.2) is 0 Å². The topological polar surface area (TPSA) is 33.1 Å². The fraction of sp³-hybridized carbons (Fsp3) is 0.615. The number of aliphatic hydroxyl groups is 1. The first kappa shape index (κ1) is 10.6. The van der Waals surface area contributed by atoms with Crippen LogP contribution in [0.1, 0.15) is 43.9 Å². The number of aromatic nitrogens is 1. The fourth-order valence-corrected chi connectivity index (χ4v) is 2.41. The Balaban J connectivity index is 2.20. The molecule has 2 nitrogen and oxygen atoms in total. The van der Waals surface area contributed by atoms with Gasteiger partial charge >= 0.3 is 0 Å². The van der Waals surface area contributed by atoms with Gasteiger partial charge in [-0.05, 0) is 30.4 Å². The van der Waals surface area contributed by atoms with E-state index in [0.29, 0.717) is 5.92 Å². The Morgan fingerprint density at radius 2 is 2.40 bits per heavy atom. The minimum Gasteiger partial charge on any atom is -0.392 e. The van der Waals surface area contributed by atoms with Gasteiger partial charge in [0.25, 0.3) is 0 Å². The van der Waals surface area contributed by atoms with Gasteiger partial charge in [0.1, 0.15) is 0 Å². The van der Waals surface area contributed by atoms with Gasteiger partial charge in [0.15, 0.2) is 0 Å². The smallest absolute Gasteiger partial charge is 0.0649 e. The van der Waals surface area contributed by atoms with Crippen molar-refractivity contribution >= 4 is 0 Å². The molecule has 1 heterocycles. The number of pyridine rings is 1. The van der Waals surface area contributed by atoms with E-state index in [-0.39, 0.29) is 12.0 Å². The van der Waals surface area contributed by atoms with E-state index in [1.807, 2.05) is 12.3 Å². The molecule has 15 heavy (non-hydrogen) atoms. The number of aliphatic hydroxyl groups excluding tert-OH is 1. The summed E-state index contributed by atoms with van der Waals surface area (Å²) in [6.07, 6.45) is 4.76. The van der Waals surface area contributed by atoms with Crippen molar-refractivity contribution in [3.05, 3.63) is 29.6 Å². The van der Waals surface area contributed by atoms with Crippen molar-refractivity contribution in [3.63, 3.8) is 0 Å². The maximum absolute atomic E-state index is 10.2. The summed E-state index contributed by atoms with van der Waals surface area (Å²) in [4.78, 5) is 4.42. The SMILES string of the molecule is CCC(C)C(O)C1CCc2cccnc21. The maximum Gasteiger partial charge on any atom is 0.0649 e. The van der Waals surface area contributed by atoms with Crippen LogP contribution in [-0.4, -0.2) is 16.2 Å². The van der Waals surface area contributed by atoms with E-state index in [4.69, 9.17) is 0 Å². The van der Waals surface area contributed by atoms with Crippen LogP contribution in [-0.2, 0) is 6.42 Å². The maximum atomic E-state index is 10.2. The van der Waals surface area contributed by atoms with Crippen LogP contribution in [0.5, 0.6) is 0 Å². The summed E-state index contributed by atoms with van der Waals surface area (Å²) < 4.78 is 0. The van der Waals surface area contributed by atoms with Crippen LogP contribution in [0.3, 0.4) is 0 Å². The van der Waals surface area contributed by atoms with Gasteiger partial charge in [0.2, 0.25) is 0 Å². The highest BCUT2D eigenvalue weighted by atomic mass is 16.3. The quantitative estimate of drug-likeness (QED) is 0.822. The van der Waals surface area contributed by atoms with Crippen molar-refractivity contribution in [3.8, 4) is 0 Å². The summed E-state index contributed by atoms with van der Waals surface area (Å²) in [5.41, 5.74) is 2.45. The molecule has 1 aromatic heterocycles. The summed E-state index contributed by atoms with van der Waals surface area (Å²) in [5.74, 6) is 0.624. The van der Waals surface area contributed by atoms with Gasteiger partial charge in [-0.2, -0.15) is 0 Å². The Morgan fingerprint density at radius 1 is 1.60 bits per heavy atom. The monoisotopic (exact) mass is 205 g/mol. The van der Waals surface area contributed by atoms with Crippen LogP contribution in [0, 0.1) is 5.92 Å². The van der Waals surface area contributed by atoms with Crippen molar-refractivity contribution in [1.29, 1.82) is 0 Å². The van der Waals surface area contributed by atoms with E-state index in [9.17, 15) is 5.11 Å². The van der Waals surface area contributed by atoms with Crippen molar-refractivity contribution < 1.29 is 5.11 Å². The van der Waals surface area contributed by atoms with Crippen LogP contribution < -0.4 is 0 Å². The molecular weight excluding hydrogens is 186 g/mol. The lowest BCUT2D eigenvalue weighted by molar-refractivity contribution is 0.0852. The van der Waals surface area contributed by atoms with Gasteiger partial charge in [-0.15, -0.1) is 0 Å². The molecule has 1 N–H and O–H groups in total. The highest BCUT2D eigenvalue weighted by Gasteiger charge is 2.31. The fourth-order valence-electron chi connectivity index (χ4n) is 2.41. The second kappa shape index (κ2) is 4.31. The minimum absolute atomic E-state index is 0.230. The second-order valence-electron chi connectivity index (χ2n) is 4.57. The third-order valence-electron chi connectivity index (χ3n) is 3.64. The number of fused-ring (bicyclic) bond motifs is 1. The van der Waals surface area contributed by atoms with Crippen LogP contribution in [0.15, 0.2) is 18.3 Å². The molecule has 0 saturated carbocycles. The molecule has 1 aliphatic rings. The number of aryl methyl sites for hydroxylation is 1. The molecule has 2 rings (SSSR count). The number of rotatable bonds is 3. The van der Waals surface area contributed by atoms with Gasteiger partial charge in [0, 0.05) is 17.8 Å². The van der Waals surface area contributed by atoms with Gasteiger partial charge < -0.3 is 5.11 Å². The zero-order chi connectivity index (χ0) is 10.8. The molecule has 0 aliphatic heterocycles. The van der Waals surface area contributed by atoms with Gasteiger partial charge in [-0.3, -0.25) is 4.98 Å². The van der Waals surface area contributed by atoms with Crippen molar-refractivity contribution in [2.24, 2.45) is 5.92 Å². The number of nitrogens with zero attached hydrogens (tertiary/aromatic N) is 1. The Morgan fingerprint density at radius 3 is 3.13 bits per heavy atom. The van der Waals surface area contributed by atoms with E-state index in [1.165, 1.54) is 5.56 Å². The van der Waals surface area contributed by atoms with Crippen LogP contribution in [0.25, 0.3) is 0 Å². The van der Waals surface area contributed by atoms with Crippen molar-refractivity contribution in [2.45, 2.75) is 45.1 Å². The highest BCUT2D eigenvalue weighted by molar-refractivity contribution is 5.29. The van der Waals surface area contributed by atoms with E-state index >= 15 is 0 Å². The average molecular weight is 205 g/mol. The molecule has 0 saturated heterocycles. The Kier molecular flexibility index (Phi) is 3.06. The summed E-state index contributed by atoms with van der Waals surface area (Å²) in [6.45, 7) is 4.24. The predicted octanol–water partition coefficient (Wildman–Crippen LogP) is 2.52. The molecule has 3 atom stereocenters. The van der Waals surface area contributed by atoms with E-state index < -0.39 is 0 Å². The van der Waals surface area contributed by atoms with Crippen LogP contribution >= 0.6 is 0 Å². The van der Waals surface area contributed by atoms with Gasteiger partial charge in [-0.1, -0.05) is 26.3 Å². The van der Waals surface area contributed by atoms with Crippen LogP contribution in [0.2, 0.25) is 0 Å². The molecule has 82 valence electrons. The summed E-state index contributed by atoms with van der Waals surface area (Å²) in [7, 11) is 0. The third kappa shape index (κ3) is 1.91. The number of hydrogen-bond acceptors (Lipinski definition) is 2. The molecular formula is C13H19NO. The Bertz CT molecular complexity index is 337. The third-order valence-corrected chi connectivity index (χ3v) is 3.64. The highest BCUT2D eigenvalue weighted by Crippen LogP contribution is 2.36. The van der Waals surface area contributed by atoms with Crippen LogP contribution in [0.4, 0.5) is 0 Å². The standard InChI is InChI=1S/C13H19NO/c1-3-9(2)13(15)11-7-6-10-5-4-8-14-12(10)11/h4-5,8-9,11,13,15H,3,6-7H2,1-2H3. The largest absolute Gasteiger partial charge is 0.392 e. The molecule has 3 unspecified atom stereocenters. The lowest BCUT2D eigenvalue weighted by Gasteiger charge is -2.23. The Labute approximate surface area is 91.4 Å². The first-order valence-electron chi connectivity index (χ1n) is 5.86. The zero-order valence-corrected chi connectivity index (χ0v) is 9.48. The first-order chi connectivity index (χ1) is 7.24. The molecule has 0 amide bonds. The normalized spacial score (nSPS) is 23.5. The molecule has 0 aromatic carbocycles. The van der Waals surface area contributed by atoms with Crippen molar-refractivity contribution in [2.75, 3.05) is 0 Å². The summed E-state index contributed by atoms with van der Waals surface area (Å²) in [5, 5.41) is 10.2. The predicted molar refractivity (Wildman–Crippen MR) is 60.8 cm³/mol. The lowest BCUT2D eigenvalue weighted by atomic mass is 9.88. The molecule has 0 bridgehead atoms. The van der Waals surface area contributed by atoms with E-state index in [1.54, 1.807) is 0 Å². The summed E-state index contributed by atoms with van der Waals surface area (Å²) >= 11 is 0. The zero-order valence-electron chi connectivity index (χ0n) is 9.48. The van der Waals surface area contributed by atoms with E-state index in [2.05, 4.69) is 24.9 Å². The first-order valence-corrected chi connectivity index (χ1v) is 5.86. The van der Waals surface area contributed by atoms with E-state index in [0.717, 1.165) is 25.0 Å². The molecule has 1 aromatic rings. The Hall–Kier alpha value is -0.890. The lowest BCUT2D eigenvalue weighted by Crippen LogP contribution is -2.24. The molecule has 1 aliphatic carbocycles. The molecule has 2 heteroatoms. The number of hydrogen-bond donors (Lipinski definition) is 1. The molecule has 0 spiro atoms. The van der Waals surface area contributed by atoms with Crippen molar-refractivity contribution in [1.82, 2.24) is 4.98 Å². The summed E-state index contributed by atoms with van der Waals surface area (Å²) in [6, 6.07) is 4.11. The minimum atomic E-state index is -0.230. The average Bonchev–Trinajstić information content (AvgIpc) is 2.70. The molecule has 0 radical (unpaired) electrons. The molecule has 0 fully saturated rings.